The number of fused-ring (bicyclic) bond motifs is 1. The molecule has 0 radical (unpaired) electrons. The maximum absolute atomic E-state index is 10.8. The first-order valence-electron chi connectivity index (χ1n) is 4.47. The standard InChI is InChI=1S/C11H10N2O2/c1-7(2)8-3-4-10-9(12-8)5-6-13(10)11(14)15/h3-6H,1H2,2H3,(H,14,15). The van der Waals surface area contributed by atoms with Crippen molar-refractivity contribution in [1.82, 2.24) is 9.55 Å². The molecule has 2 aromatic rings. The number of hydrogen-bond acceptors (Lipinski definition) is 2. The van der Waals surface area contributed by atoms with Gasteiger partial charge in [-0.3, -0.25) is 4.57 Å². The van der Waals surface area contributed by atoms with Crippen molar-refractivity contribution in [3.05, 3.63) is 36.7 Å². The molecule has 0 aliphatic rings. The summed E-state index contributed by atoms with van der Waals surface area (Å²) in [6.45, 7) is 5.65. The third-order valence-corrected chi connectivity index (χ3v) is 2.19. The van der Waals surface area contributed by atoms with E-state index in [1.165, 1.54) is 6.20 Å². The second-order valence-electron chi connectivity index (χ2n) is 3.35. The minimum absolute atomic E-state index is 0.590. The molecule has 0 unspecified atom stereocenters. The number of nitrogens with zero attached hydrogens (tertiary/aromatic N) is 2. The molecule has 2 aromatic heterocycles. The molecule has 0 fully saturated rings. The van der Waals surface area contributed by atoms with Crippen molar-refractivity contribution >= 4 is 22.7 Å². The van der Waals surface area contributed by atoms with Crippen LogP contribution in [0.3, 0.4) is 0 Å². The van der Waals surface area contributed by atoms with Gasteiger partial charge < -0.3 is 5.11 Å². The largest absolute Gasteiger partial charge is 0.464 e. The van der Waals surface area contributed by atoms with Gasteiger partial charge in [0.15, 0.2) is 0 Å². The summed E-state index contributed by atoms with van der Waals surface area (Å²) in [5, 5.41) is 8.87. The smallest absolute Gasteiger partial charge is 0.416 e. The molecule has 15 heavy (non-hydrogen) atoms. The number of carboxylic acid groups (broad SMARTS) is 1. The maximum atomic E-state index is 10.8. The highest BCUT2D eigenvalue weighted by atomic mass is 16.4. The lowest BCUT2D eigenvalue weighted by molar-refractivity contribution is 0.197. The summed E-state index contributed by atoms with van der Waals surface area (Å²) in [5.41, 5.74) is 2.90. The van der Waals surface area contributed by atoms with Crippen molar-refractivity contribution in [3.8, 4) is 0 Å². The Labute approximate surface area is 86.5 Å². The second kappa shape index (κ2) is 3.24. The van der Waals surface area contributed by atoms with Gasteiger partial charge in [-0.05, 0) is 30.7 Å². The van der Waals surface area contributed by atoms with Gasteiger partial charge in [-0.15, -0.1) is 0 Å². The van der Waals surface area contributed by atoms with Crippen LogP contribution in [0.15, 0.2) is 31.0 Å². The third kappa shape index (κ3) is 1.50. The Morgan fingerprint density at radius 3 is 2.80 bits per heavy atom. The molecular formula is C11H10N2O2. The van der Waals surface area contributed by atoms with Crippen LogP contribution in [-0.4, -0.2) is 20.8 Å². The highest BCUT2D eigenvalue weighted by Crippen LogP contribution is 2.17. The van der Waals surface area contributed by atoms with Gasteiger partial charge in [-0.1, -0.05) is 6.58 Å². The van der Waals surface area contributed by atoms with E-state index in [4.69, 9.17) is 5.11 Å². The Balaban J connectivity index is 2.66. The highest BCUT2D eigenvalue weighted by molar-refractivity contribution is 5.87. The van der Waals surface area contributed by atoms with E-state index in [0.717, 1.165) is 15.8 Å². The summed E-state index contributed by atoms with van der Waals surface area (Å²) in [7, 11) is 0. The van der Waals surface area contributed by atoms with Crippen molar-refractivity contribution in [2.24, 2.45) is 0 Å². The van der Waals surface area contributed by atoms with E-state index in [9.17, 15) is 4.79 Å². The highest BCUT2D eigenvalue weighted by Gasteiger charge is 2.07. The SMILES string of the molecule is C=C(C)c1ccc2c(ccn2C(=O)O)n1. The predicted octanol–water partition coefficient (Wildman–Crippen LogP) is 2.60. The molecule has 1 N–H and O–H groups in total. The minimum atomic E-state index is -1.00. The fraction of sp³-hybridized carbons (Fsp3) is 0.0909. The molecule has 4 heteroatoms. The number of allylic oxidation sites excluding steroid dienone is 1. The van der Waals surface area contributed by atoms with Gasteiger partial charge in [-0.2, -0.15) is 0 Å². The van der Waals surface area contributed by atoms with Crippen LogP contribution < -0.4 is 0 Å². The summed E-state index contributed by atoms with van der Waals surface area (Å²) in [4.78, 5) is 15.1. The molecule has 0 aliphatic carbocycles. The number of rotatable bonds is 1. The number of aromatic nitrogens is 2. The molecule has 0 amide bonds. The first-order valence-corrected chi connectivity index (χ1v) is 4.47. The monoisotopic (exact) mass is 202 g/mol. The average molecular weight is 202 g/mol. The normalized spacial score (nSPS) is 10.5. The summed E-state index contributed by atoms with van der Waals surface area (Å²) in [6, 6.07) is 5.18. The van der Waals surface area contributed by atoms with Crippen LogP contribution in [0.4, 0.5) is 4.79 Å². The zero-order chi connectivity index (χ0) is 11.0. The average Bonchev–Trinajstić information content (AvgIpc) is 2.59. The van der Waals surface area contributed by atoms with Crippen molar-refractivity contribution < 1.29 is 9.90 Å². The Morgan fingerprint density at radius 1 is 1.47 bits per heavy atom. The Morgan fingerprint density at radius 2 is 2.20 bits per heavy atom. The summed E-state index contributed by atoms with van der Waals surface area (Å²) in [6.07, 6.45) is 0.484. The van der Waals surface area contributed by atoms with E-state index in [1.54, 1.807) is 18.2 Å². The summed E-state index contributed by atoms with van der Waals surface area (Å²) in [5.74, 6) is 0. The van der Waals surface area contributed by atoms with Gasteiger partial charge in [-0.25, -0.2) is 9.78 Å². The first kappa shape index (κ1) is 9.45. The molecule has 76 valence electrons. The molecular weight excluding hydrogens is 192 g/mol. The Hall–Kier alpha value is -2.10. The number of pyridine rings is 1. The maximum Gasteiger partial charge on any atom is 0.416 e. The molecule has 0 aliphatic heterocycles. The van der Waals surface area contributed by atoms with Gasteiger partial charge in [0.1, 0.15) is 0 Å². The van der Waals surface area contributed by atoms with Crippen molar-refractivity contribution in [3.63, 3.8) is 0 Å². The fourth-order valence-corrected chi connectivity index (χ4v) is 1.42. The zero-order valence-corrected chi connectivity index (χ0v) is 8.27. The quantitative estimate of drug-likeness (QED) is 0.773. The van der Waals surface area contributed by atoms with E-state index in [2.05, 4.69) is 11.6 Å². The van der Waals surface area contributed by atoms with Gasteiger partial charge >= 0.3 is 6.09 Å². The van der Waals surface area contributed by atoms with E-state index in [0.29, 0.717) is 11.0 Å². The van der Waals surface area contributed by atoms with Gasteiger partial charge in [0.2, 0.25) is 0 Å². The van der Waals surface area contributed by atoms with Crippen molar-refractivity contribution in [1.29, 1.82) is 0 Å². The van der Waals surface area contributed by atoms with E-state index in [1.807, 2.05) is 6.92 Å². The Kier molecular flexibility index (Phi) is 2.04. The lowest BCUT2D eigenvalue weighted by Crippen LogP contribution is -2.05. The van der Waals surface area contributed by atoms with Crippen LogP contribution in [-0.2, 0) is 0 Å². The number of carbonyl (C=O) groups is 1. The van der Waals surface area contributed by atoms with Crippen molar-refractivity contribution in [2.45, 2.75) is 6.92 Å². The topological polar surface area (TPSA) is 55.1 Å². The van der Waals surface area contributed by atoms with Gasteiger partial charge in [0, 0.05) is 6.20 Å². The molecule has 0 atom stereocenters. The molecule has 4 nitrogen and oxygen atoms in total. The number of hydrogen-bond donors (Lipinski definition) is 1. The lowest BCUT2D eigenvalue weighted by Gasteiger charge is -2.00. The molecule has 2 heterocycles. The lowest BCUT2D eigenvalue weighted by atomic mass is 10.2. The molecule has 0 spiro atoms. The van der Waals surface area contributed by atoms with Gasteiger partial charge in [0.05, 0.1) is 16.7 Å². The van der Waals surface area contributed by atoms with Crippen LogP contribution in [0.2, 0.25) is 0 Å². The molecule has 2 rings (SSSR count). The second-order valence-corrected chi connectivity index (χ2v) is 3.35. The van der Waals surface area contributed by atoms with E-state index >= 15 is 0 Å². The minimum Gasteiger partial charge on any atom is -0.464 e. The van der Waals surface area contributed by atoms with Crippen molar-refractivity contribution in [2.75, 3.05) is 0 Å². The zero-order valence-electron chi connectivity index (χ0n) is 8.27. The van der Waals surface area contributed by atoms with Crippen LogP contribution in [0.1, 0.15) is 12.6 Å². The summed E-state index contributed by atoms with van der Waals surface area (Å²) >= 11 is 0. The molecule has 0 saturated heterocycles. The Bertz CT molecular complexity index is 555. The van der Waals surface area contributed by atoms with Crippen LogP contribution in [0.5, 0.6) is 0 Å². The third-order valence-electron chi connectivity index (χ3n) is 2.19. The fourth-order valence-electron chi connectivity index (χ4n) is 1.42. The molecule has 0 bridgehead atoms. The van der Waals surface area contributed by atoms with Crippen LogP contribution >= 0.6 is 0 Å². The first-order chi connectivity index (χ1) is 7.09. The van der Waals surface area contributed by atoms with Crippen LogP contribution in [0, 0.1) is 0 Å². The molecule has 0 saturated carbocycles. The van der Waals surface area contributed by atoms with Gasteiger partial charge in [0.25, 0.3) is 0 Å². The van der Waals surface area contributed by atoms with E-state index in [-0.39, 0.29) is 0 Å². The predicted molar refractivity (Wildman–Crippen MR) is 57.9 cm³/mol. The molecule has 0 aromatic carbocycles. The summed E-state index contributed by atoms with van der Waals surface area (Å²) < 4.78 is 1.14. The van der Waals surface area contributed by atoms with E-state index < -0.39 is 6.09 Å². The van der Waals surface area contributed by atoms with Crippen LogP contribution in [0.25, 0.3) is 16.6 Å².